The van der Waals surface area contributed by atoms with Gasteiger partial charge in [-0.05, 0) is 14.1 Å². The SMILES string of the molecule is CN(C)[C-]=O.C[CH-]N.[W+2]. The van der Waals surface area contributed by atoms with Crippen molar-refractivity contribution in [1.82, 2.24) is 4.90 Å². The van der Waals surface area contributed by atoms with Gasteiger partial charge in [0, 0.05) is 0 Å². The molecule has 54 valence electrons. The Balaban J connectivity index is -0.0000000800. The van der Waals surface area contributed by atoms with Crippen molar-refractivity contribution < 1.29 is 25.9 Å². The Morgan fingerprint density at radius 3 is 1.67 bits per heavy atom. The Hall–Kier alpha value is 0.118. The largest absolute Gasteiger partial charge is 2.00 e. The Kier molecular flexibility index (Phi) is 28.0. The third-order valence-corrected chi connectivity index (χ3v) is 0.183. The minimum atomic E-state index is 0. The first-order valence-electron chi connectivity index (χ1n) is 2.23. The molecule has 0 aromatic heterocycles. The van der Waals surface area contributed by atoms with E-state index >= 15 is 0 Å². The van der Waals surface area contributed by atoms with Gasteiger partial charge in [-0.2, -0.15) is 13.3 Å². The van der Waals surface area contributed by atoms with Crippen LogP contribution in [0.1, 0.15) is 6.92 Å². The van der Waals surface area contributed by atoms with Crippen LogP contribution < -0.4 is 5.73 Å². The molecule has 0 aliphatic heterocycles. The van der Waals surface area contributed by atoms with Crippen LogP contribution in [-0.2, 0) is 25.9 Å². The standard InChI is InChI=1S/C3H6NO.C2H6N.W/c1-4(2)3-5;1-2-3;/h1-2H3;2H,3H2,1H3;/q2*-1;+2. The second kappa shape index (κ2) is 15.7. The molecule has 0 aromatic rings. The van der Waals surface area contributed by atoms with Crippen molar-refractivity contribution in [3.8, 4) is 0 Å². The fourth-order valence-electron chi connectivity index (χ4n) is 0. The van der Waals surface area contributed by atoms with Crippen molar-refractivity contribution >= 4 is 6.41 Å². The van der Waals surface area contributed by atoms with Crippen molar-refractivity contribution in [1.29, 1.82) is 0 Å². The summed E-state index contributed by atoms with van der Waals surface area (Å²) in [6.45, 7) is 3.28. The summed E-state index contributed by atoms with van der Waals surface area (Å²) in [4.78, 5) is 10.6. The fourth-order valence-corrected chi connectivity index (χ4v) is 0. The average Bonchev–Trinajstić information content (AvgIpc) is 1.69. The van der Waals surface area contributed by atoms with Crippen LogP contribution in [0.3, 0.4) is 0 Å². The maximum Gasteiger partial charge on any atom is 2.00 e. The Morgan fingerprint density at radius 1 is 1.56 bits per heavy atom. The number of hydrogen-bond acceptors (Lipinski definition) is 2. The summed E-state index contributed by atoms with van der Waals surface area (Å²) in [5.74, 6) is 0. The van der Waals surface area contributed by atoms with E-state index in [0.29, 0.717) is 0 Å². The van der Waals surface area contributed by atoms with Gasteiger partial charge in [0.15, 0.2) is 0 Å². The summed E-state index contributed by atoms with van der Waals surface area (Å²) in [5, 5.41) is 0. The van der Waals surface area contributed by atoms with E-state index in [9.17, 15) is 4.79 Å². The quantitative estimate of drug-likeness (QED) is 0.536. The summed E-state index contributed by atoms with van der Waals surface area (Å²) < 4.78 is 0. The van der Waals surface area contributed by atoms with Gasteiger partial charge in [0.2, 0.25) is 0 Å². The van der Waals surface area contributed by atoms with Gasteiger partial charge < -0.3 is 15.4 Å². The van der Waals surface area contributed by atoms with Gasteiger partial charge in [0.1, 0.15) is 0 Å². The van der Waals surface area contributed by atoms with E-state index in [0.717, 1.165) is 0 Å². The first kappa shape index (κ1) is 16.1. The van der Waals surface area contributed by atoms with E-state index in [1.54, 1.807) is 27.4 Å². The van der Waals surface area contributed by atoms with Crippen LogP contribution in [0.15, 0.2) is 0 Å². The number of amides is 1. The van der Waals surface area contributed by atoms with Gasteiger partial charge in [-0.15, -0.1) is 0 Å². The maximum absolute atomic E-state index is 9.31. The van der Waals surface area contributed by atoms with Crippen molar-refractivity contribution in [2.75, 3.05) is 14.1 Å². The number of rotatable bonds is 1. The van der Waals surface area contributed by atoms with Crippen LogP contribution in [-0.4, -0.2) is 25.4 Å². The van der Waals surface area contributed by atoms with Gasteiger partial charge in [-0.1, -0.05) is 0 Å². The Bertz CT molecular complexity index is 50.2. The monoisotopic (exact) mass is 300 g/mol. The van der Waals surface area contributed by atoms with Crippen LogP contribution in [0.2, 0.25) is 0 Å². The molecule has 3 nitrogen and oxygen atoms in total. The summed E-state index contributed by atoms with van der Waals surface area (Å²) in [7, 11) is 3.26. The Labute approximate surface area is 70.9 Å². The van der Waals surface area contributed by atoms with E-state index in [1.807, 2.05) is 0 Å². The summed E-state index contributed by atoms with van der Waals surface area (Å²) in [6, 6.07) is 0. The van der Waals surface area contributed by atoms with Gasteiger partial charge in [0.05, 0.1) is 0 Å². The van der Waals surface area contributed by atoms with Gasteiger partial charge in [0.25, 0.3) is 0 Å². The zero-order valence-electron chi connectivity index (χ0n) is 5.92. The molecule has 0 rings (SSSR count). The molecule has 0 radical (unpaired) electrons. The molecule has 0 spiro atoms. The molecular weight excluding hydrogens is 288 g/mol. The van der Waals surface area contributed by atoms with Gasteiger partial charge in [-0.25, -0.2) is 0 Å². The van der Waals surface area contributed by atoms with Crippen molar-refractivity contribution in [2.24, 2.45) is 5.73 Å². The van der Waals surface area contributed by atoms with Gasteiger partial charge >= 0.3 is 21.1 Å². The molecule has 0 aliphatic carbocycles. The van der Waals surface area contributed by atoms with Crippen molar-refractivity contribution in [3.63, 3.8) is 0 Å². The third kappa shape index (κ3) is 67.7. The fraction of sp³-hybridized carbons (Fsp3) is 0.600. The molecule has 0 saturated heterocycles. The van der Waals surface area contributed by atoms with Crippen LogP contribution in [0.5, 0.6) is 0 Å². The number of nitrogens with two attached hydrogens (primary N) is 1. The van der Waals surface area contributed by atoms with Crippen LogP contribution >= 0.6 is 0 Å². The first-order chi connectivity index (χ1) is 3.68. The molecule has 4 heteroatoms. The molecule has 0 aliphatic rings. The van der Waals surface area contributed by atoms with E-state index in [4.69, 9.17) is 5.73 Å². The second-order valence-corrected chi connectivity index (χ2v) is 1.32. The van der Waals surface area contributed by atoms with Crippen LogP contribution in [0.4, 0.5) is 0 Å². The Morgan fingerprint density at radius 2 is 1.67 bits per heavy atom. The molecule has 0 bridgehead atoms. The molecule has 0 fully saturated rings. The average molecular weight is 300 g/mol. The zero-order valence-corrected chi connectivity index (χ0v) is 8.85. The summed E-state index contributed by atoms with van der Waals surface area (Å²) in [6.07, 6.45) is 1.61. The second-order valence-electron chi connectivity index (χ2n) is 1.32. The predicted molar refractivity (Wildman–Crippen MR) is 33.5 cm³/mol. The topological polar surface area (TPSA) is 46.3 Å². The predicted octanol–water partition coefficient (Wildman–Crippen LogP) is -0.261. The van der Waals surface area contributed by atoms with Crippen molar-refractivity contribution in [3.05, 3.63) is 6.54 Å². The smallest absolute Gasteiger partial charge is 0.522 e. The van der Waals surface area contributed by atoms with E-state index < -0.39 is 0 Å². The molecular formula is C5H12N2OW. The van der Waals surface area contributed by atoms with E-state index in [1.165, 1.54) is 11.4 Å². The van der Waals surface area contributed by atoms with Crippen molar-refractivity contribution in [2.45, 2.75) is 6.92 Å². The molecule has 9 heavy (non-hydrogen) atoms. The summed E-state index contributed by atoms with van der Waals surface area (Å²) in [5.41, 5.74) is 4.72. The minimum Gasteiger partial charge on any atom is -0.522 e. The maximum atomic E-state index is 9.31. The molecule has 0 saturated carbocycles. The zero-order chi connectivity index (χ0) is 6.99. The van der Waals surface area contributed by atoms with Crippen LogP contribution in [0.25, 0.3) is 0 Å². The molecule has 0 atom stereocenters. The first-order valence-corrected chi connectivity index (χ1v) is 2.23. The van der Waals surface area contributed by atoms with E-state index in [-0.39, 0.29) is 21.1 Å². The number of carbonyl (C=O) groups excluding carboxylic acids is 1. The molecule has 0 aromatic carbocycles. The summed E-state index contributed by atoms with van der Waals surface area (Å²) >= 11 is 0. The molecule has 0 heterocycles. The van der Waals surface area contributed by atoms with E-state index in [2.05, 4.69) is 0 Å². The molecule has 1 amide bonds. The van der Waals surface area contributed by atoms with Crippen LogP contribution in [0, 0.1) is 6.54 Å². The number of hydrogen-bond donors (Lipinski definition) is 1. The minimum absolute atomic E-state index is 0. The normalized spacial score (nSPS) is 5.78. The number of nitrogens with zero attached hydrogens (tertiary/aromatic N) is 1. The van der Waals surface area contributed by atoms with Gasteiger partial charge in [-0.3, -0.25) is 6.54 Å². The molecule has 2 N–H and O–H groups in total. The third-order valence-electron chi connectivity index (χ3n) is 0.183. The molecule has 0 unspecified atom stereocenters.